The third-order valence-corrected chi connectivity index (χ3v) is 6.27. The summed E-state index contributed by atoms with van der Waals surface area (Å²) in [5.74, 6) is 1.87. The summed E-state index contributed by atoms with van der Waals surface area (Å²) in [4.78, 5) is 13.4. The largest absolute Gasteiger partial charge is 0.497 e. The number of allylic oxidation sites excluding steroid dienone is 4. The van der Waals surface area contributed by atoms with Gasteiger partial charge in [0.25, 0.3) is 0 Å². The van der Waals surface area contributed by atoms with E-state index in [-0.39, 0.29) is 18.5 Å². The number of dihydropyridines is 1. The van der Waals surface area contributed by atoms with Crippen molar-refractivity contribution in [3.05, 3.63) is 76.1 Å². The first-order valence-corrected chi connectivity index (χ1v) is 10.3. The molecule has 2 heterocycles. The van der Waals surface area contributed by atoms with Gasteiger partial charge < -0.3 is 19.5 Å². The predicted molar refractivity (Wildman–Crippen MR) is 114 cm³/mol. The Morgan fingerprint density at radius 3 is 2.55 bits per heavy atom. The van der Waals surface area contributed by atoms with Crippen LogP contribution in [0.1, 0.15) is 42.7 Å². The Morgan fingerprint density at radius 1 is 1.06 bits per heavy atom. The smallest absolute Gasteiger partial charge is 0.231 e. The summed E-state index contributed by atoms with van der Waals surface area (Å²) in [6, 6.07) is 15.9. The van der Waals surface area contributed by atoms with Gasteiger partial charge in [-0.2, -0.15) is 5.26 Å². The molecule has 0 saturated heterocycles. The number of Topliss-reactive ketones (excluding diaryl/α,β-unsaturated/α-hetero) is 1. The maximum absolute atomic E-state index is 13.4. The summed E-state index contributed by atoms with van der Waals surface area (Å²) in [6.45, 7) is 2.07. The number of methoxy groups -OCH3 is 1. The summed E-state index contributed by atoms with van der Waals surface area (Å²) >= 11 is 0. The number of carbonyl (C=O) groups is 1. The van der Waals surface area contributed by atoms with E-state index in [1.807, 2.05) is 49.4 Å². The first-order valence-electron chi connectivity index (χ1n) is 10.3. The lowest BCUT2D eigenvalue weighted by atomic mass is 9.72. The molecule has 2 unspecified atom stereocenters. The highest BCUT2D eigenvalue weighted by Gasteiger charge is 2.39. The second-order valence-corrected chi connectivity index (χ2v) is 8.01. The van der Waals surface area contributed by atoms with Crippen LogP contribution < -0.4 is 19.5 Å². The van der Waals surface area contributed by atoms with Gasteiger partial charge in [-0.15, -0.1) is 0 Å². The number of hydrogen-bond donors (Lipinski definition) is 1. The van der Waals surface area contributed by atoms with E-state index in [1.165, 1.54) is 0 Å². The molecule has 0 radical (unpaired) electrons. The summed E-state index contributed by atoms with van der Waals surface area (Å²) < 4.78 is 16.2. The molecule has 31 heavy (non-hydrogen) atoms. The first kappa shape index (κ1) is 19.3. The van der Waals surface area contributed by atoms with Crippen LogP contribution in [0, 0.1) is 11.3 Å². The number of carbonyl (C=O) groups excluding carboxylic acids is 1. The van der Waals surface area contributed by atoms with E-state index in [1.54, 1.807) is 7.11 Å². The Kier molecular flexibility index (Phi) is 4.67. The monoisotopic (exact) mass is 414 g/mol. The summed E-state index contributed by atoms with van der Waals surface area (Å²) in [6.07, 6.45) is 1.12. The molecule has 2 aliphatic heterocycles. The number of nitrogens with zero attached hydrogens (tertiary/aromatic N) is 1. The molecule has 156 valence electrons. The Balaban J connectivity index is 1.55. The highest BCUT2D eigenvalue weighted by Crippen LogP contribution is 2.47. The fourth-order valence-electron chi connectivity index (χ4n) is 4.72. The number of nitriles is 1. The third-order valence-electron chi connectivity index (χ3n) is 6.27. The standard InChI is InChI=1S/C25H22N2O4/c1-14-19(12-26)24(16-5-8-22-23(11-16)31-13-30-22)25-20(27-14)9-17(10-21(25)28)15-3-6-18(29-2)7-4-15/h3-8,11,17,24,27H,9-10,13H2,1-2H3. The molecule has 0 saturated carbocycles. The molecule has 2 aromatic carbocycles. The van der Waals surface area contributed by atoms with Crippen molar-refractivity contribution in [1.82, 2.24) is 5.32 Å². The molecule has 0 fully saturated rings. The van der Waals surface area contributed by atoms with Gasteiger partial charge in [0, 0.05) is 23.4 Å². The van der Waals surface area contributed by atoms with Crippen LogP contribution in [-0.2, 0) is 4.79 Å². The molecule has 0 spiro atoms. The third kappa shape index (κ3) is 3.23. The van der Waals surface area contributed by atoms with Crippen LogP contribution in [0.15, 0.2) is 65.0 Å². The summed E-state index contributed by atoms with van der Waals surface area (Å²) in [5.41, 5.74) is 4.91. The van der Waals surface area contributed by atoms with Crippen LogP contribution in [-0.4, -0.2) is 19.7 Å². The van der Waals surface area contributed by atoms with Crippen molar-refractivity contribution in [1.29, 1.82) is 5.26 Å². The molecule has 0 bridgehead atoms. The quantitative estimate of drug-likeness (QED) is 0.806. The second kappa shape index (κ2) is 7.51. The van der Waals surface area contributed by atoms with Gasteiger partial charge in [0.2, 0.25) is 6.79 Å². The fraction of sp³-hybridized carbons (Fsp3) is 0.280. The second-order valence-electron chi connectivity index (χ2n) is 8.01. The van der Waals surface area contributed by atoms with Gasteiger partial charge in [-0.05, 0) is 54.7 Å². The normalized spacial score (nSPS) is 22.0. The SMILES string of the molecule is COc1ccc(C2CC(=O)C3=C(C2)NC(C)=C(C#N)C3c2ccc3c(c2)OCO3)cc1. The topological polar surface area (TPSA) is 80.6 Å². The van der Waals surface area contributed by atoms with Crippen LogP contribution in [0.5, 0.6) is 17.2 Å². The molecule has 5 rings (SSSR count). The van der Waals surface area contributed by atoms with Crippen LogP contribution in [0.2, 0.25) is 0 Å². The number of ketones is 1. The Bertz CT molecular complexity index is 1170. The van der Waals surface area contributed by atoms with Crippen molar-refractivity contribution in [2.24, 2.45) is 0 Å². The highest BCUT2D eigenvalue weighted by molar-refractivity contribution is 6.00. The van der Waals surface area contributed by atoms with Gasteiger partial charge in [-0.1, -0.05) is 18.2 Å². The molecule has 2 aromatic rings. The Morgan fingerprint density at radius 2 is 1.81 bits per heavy atom. The van der Waals surface area contributed by atoms with Crippen molar-refractivity contribution in [3.8, 4) is 23.3 Å². The molecular weight excluding hydrogens is 392 g/mol. The van der Waals surface area contributed by atoms with Crippen molar-refractivity contribution < 1.29 is 19.0 Å². The van der Waals surface area contributed by atoms with Gasteiger partial charge in [-0.3, -0.25) is 4.79 Å². The van der Waals surface area contributed by atoms with Crippen molar-refractivity contribution in [2.45, 2.75) is 31.6 Å². The zero-order valence-electron chi connectivity index (χ0n) is 17.4. The molecule has 0 amide bonds. The Hall–Kier alpha value is -3.72. The number of benzene rings is 2. The van der Waals surface area contributed by atoms with E-state index in [0.717, 1.165) is 28.3 Å². The minimum Gasteiger partial charge on any atom is -0.497 e. The van der Waals surface area contributed by atoms with Crippen molar-refractivity contribution in [2.75, 3.05) is 13.9 Å². The Labute approximate surface area is 180 Å². The molecule has 6 heteroatoms. The number of ether oxygens (including phenoxy) is 3. The van der Waals surface area contributed by atoms with Gasteiger partial charge in [0.15, 0.2) is 17.3 Å². The molecule has 1 N–H and O–H groups in total. The highest BCUT2D eigenvalue weighted by atomic mass is 16.7. The molecule has 3 aliphatic rings. The van der Waals surface area contributed by atoms with E-state index in [0.29, 0.717) is 35.5 Å². The molecule has 0 aromatic heterocycles. The van der Waals surface area contributed by atoms with Gasteiger partial charge >= 0.3 is 0 Å². The lowest BCUT2D eigenvalue weighted by Gasteiger charge is -2.35. The average molecular weight is 414 g/mol. The fourth-order valence-corrected chi connectivity index (χ4v) is 4.72. The number of nitrogens with one attached hydrogen (secondary N) is 1. The number of hydrogen-bond acceptors (Lipinski definition) is 6. The number of fused-ring (bicyclic) bond motifs is 1. The van der Waals surface area contributed by atoms with E-state index in [9.17, 15) is 10.1 Å². The molecule has 2 atom stereocenters. The zero-order chi connectivity index (χ0) is 21.5. The predicted octanol–water partition coefficient (Wildman–Crippen LogP) is 4.31. The van der Waals surface area contributed by atoms with Crippen LogP contribution in [0.4, 0.5) is 0 Å². The molecule has 6 nitrogen and oxygen atoms in total. The van der Waals surface area contributed by atoms with Crippen LogP contribution in [0.3, 0.4) is 0 Å². The van der Waals surface area contributed by atoms with E-state index >= 15 is 0 Å². The van der Waals surface area contributed by atoms with Crippen LogP contribution >= 0.6 is 0 Å². The van der Waals surface area contributed by atoms with E-state index < -0.39 is 5.92 Å². The number of rotatable bonds is 3. The van der Waals surface area contributed by atoms with E-state index in [4.69, 9.17) is 14.2 Å². The van der Waals surface area contributed by atoms with Crippen molar-refractivity contribution in [3.63, 3.8) is 0 Å². The van der Waals surface area contributed by atoms with E-state index in [2.05, 4.69) is 11.4 Å². The zero-order valence-corrected chi connectivity index (χ0v) is 17.4. The van der Waals surface area contributed by atoms with Gasteiger partial charge in [-0.25, -0.2) is 0 Å². The van der Waals surface area contributed by atoms with Gasteiger partial charge in [0.05, 0.1) is 24.7 Å². The first-order chi connectivity index (χ1) is 15.1. The summed E-state index contributed by atoms with van der Waals surface area (Å²) in [7, 11) is 1.64. The van der Waals surface area contributed by atoms with Crippen molar-refractivity contribution >= 4 is 5.78 Å². The minimum absolute atomic E-state index is 0.0671. The lowest BCUT2D eigenvalue weighted by Crippen LogP contribution is -2.33. The maximum atomic E-state index is 13.4. The van der Waals surface area contributed by atoms with Crippen LogP contribution in [0.25, 0.3) is 0 Å². The average Bonchev–Trinajstić information content (AvgIpc) is 3.26. The summed E-state index contributed by atoms with van der Waals surface area (Å²) in [5, 5.41) is 13.3. The lowest BCUT2D eigenvalue weighted by molar-refractivity contribution is -0.116. The molecule has 1 aliphatic carbocycles. The minimum atomic E-state index is -0.403. The molecular formula is C25H22N2O4. The maximum Gasteiger partial charge on any atom is 0.231 e. The van der Waals surface area contributed by atoms with Gasteiger partial charge in [0.1, 0.15) is 5.75 Å².